The van der Waals surface area contributed by atoms with Gasteiger partial charge in [0.1, 0.15) is 6.54 Å². The van der Waals surface area contributed by atoms with Crippen LogP contribution < -0.4 is 5.43 Å². The van der Waals surface area contributed by atoms with Crippen molar-refractivity contribution in [2.24, 2.45) is 11.0 Å². The van der Waals surface area contributed by atoms with Gasteiger partial charge in [0, 0.05) is 6.21 Å². The summed E-state index contributed by atoms with van der Waals surface area (Å²) in [5.41, 5.74) is 4.44. The average Bonchev–Trinajstić information content (AvgIpc) is 2.92. The molecule has 0 bridgehead atoms. The van der Waals surface area contributed by atoms with Crippen LogP contribution in [0.25, 0.3) is 11.0 Å². The molecule has 108 valence electrons. The van der Waals surface area contributed by atoms with Crippen LogP contribution in [-0.2, 0) is 11.3 Å². The number of rotatable bonds is 4. The molecule has 1 amide bonds. The SMILES string of the molecule is O=C(Cn1cnc2ccccc21)N/N=C\[C@H]1CC=CCC1. The number of aromatic nitrogens is 2. The first-order chi connectivity index (χ1) is 10.3. The van der Waals surface area contributed by atoms with Crippen molar-refractivity contribution in [2.75, 3.05) is 0 Å². The van der Waals surface area contributed by atoms with Crippen LogP contribution >= 0.6 is 0 Å². The minimum Gasteiger partial charge on any atom is -0.321 e. The zero-order valence-corrected chi connectivity index (χ0v) is 11.8. The van der Waals surface area contributed by atoms with Gasteiger partial charge in [-0.05, 0) is 37.3 Å². The molecule has 0 spiro atoms. The number of allylic oxidation sites excluding steroid dienone is 2. The lowest BCUT2D eigenvalue weighted by Gasteiger charge is -2.11. The Labute approximate surface area is 123 Å². The highest BCUT2D eigenvalue weighted by Gasteiger charge is 2.08. The maximum atomic E-state index is 11.9. The average molecular weight is 282 g/mol. The third-order valence-electron chi connectivity index (χ3n) is 3.63. The summed E-state index contributed by atoms with van der Waals surface area (Å²) in [6.07, 6.45) is 11.1. The van der Waals surface area contributed by atoms with Crippen LogP contribution in [0.2, 0.25) is 0 Å². The second-order valence-electron chi connectivity index (χ2n) is 5.22. The molecule has 1 aliphatic carbocycles. The number of carbonyl (C=O) groups excluding carboxylic acids is 1. The van der Waals surface area contributed by atoms with Crippen LogP contribution in [0.4, 0.5) is 0 Å². The van der Waals surface area contributed by atoms with Crippen molar-refractivity contribution in [2.45, 2.75) is 25.8 Å². The molecule has 1 atom stereocenters. The summed E-state index contributed by atoms with van der Waals surface area (Å²) in [5, 5.41) is 4.06. The Hall–Kier alpha value is -2.43. The van der Waals surface area contributed by atoms with Gasteiger partial charge in [0.15, 0.2) is 0 Å². The van der Waals surface area contributed by atoms with E-state index < -0.39 is 0 Å². The lowest BCUT2D eigenvalue weighted by molar-refractivity contribution is -0.121. The summed E-state index contributed by atoms with van der Waals surface area (Å²) >= 11 is 0. The normalized spacial score (nSPS) is 18.4. The minimum absolute atomic E-state index is 0.138. The van der Waals surface area contributed by atoms with Crippen molar-refractivity contribution in [3.05, 3.63) is 42.7 Å². The highest BCUT2D eigenvalue weighted by Crippen LogP contribution is 2.15. The van der Waals surface area contributed by atoms with Crippen molar-refractivity contribution < 1.29 is 4.79 Å². The third-order valence-corrected chi connectivity index (χ3v) is 3.63. The molecule has 21 heavy (non-hydrogen) atoms. The molecule has 1 aromatic carbocycles. The molecule has 1 heterocycles. The molecule has 0 saturated heterocycles. The van der Waals surface area contributed by atoms with Gasteiger partial charge in [0.2, 0.25) is 0 Å². The molecule has 0 fully saturated rings. The van der Waals surface area contributed by atoms with Crippen LogP contribution in [0.1, 0.15) is 19.3 Å². The highest BCUT2D eigenvalue weighted by atomic mass is 16.2. The minimum atomic E-state index is -0.138. The van der Waals surface area contributed by atoms with Gasteiger partial charge in [-0.25, -0.2) is 10.4 Å². The molecular weight excluding hydrogens is 264 g/mol. The number of imidazole rings is 1. The quantitative estimate of drug-likeness (QED) is 0.532. The number of amides is 1. The Morgan fingerprint density at radius 3 is 3.19 bits per heavy atom. The number of fused-ring (bicyclic) bond motifs is 1. The van der Waals surface area contributed by atoms with Crippen LogP contribution in [-0.4, -0.2) is 21.7 Å². The number of hydrazone groups is 1. The molecule has 0 aliphatic heterocycles. The molecule has 5 heteroatoms. The lowest BCUT2D eigenvalue weighted by Crippen LogP contribution is -2.23. The van der Waals surface area contributed by atoms with E-state index in [-0.39, 0.29) is 12.5 Å². The van der Waals surface area contributed by atoms with Crippen LogP contribution in [0.5, 0.6) is 0 Å². The van der Waals surface area contributed by atoms with E-state index >= 15 is 0 Å². The number of nitrogens with zero attached hydrogens (tertiary/aromatic N) is 3. The number of para-hydroxylation sites is 2. The van der Waals surface area contributed by atoms with Gasteiger partial charge in [-0.2, -0.15) is 5.10 Å². The van der Waals surface area contributed by atoms with Gasteiger partial charge in [0.25, 0.3) is 5.91 Å². The molecule has 1 aromatic heterocycles. The summed E-state index contributed by atoms with van der Waals surface area (Å²) in [4.78, 5) is 16.2. The Kier molecular flexibility index (Phi) is 4.09. The zero-order chi connectivity index (χ0) is 14.5. The van der Waals surface area contributed by atoms with Gasteiger partial charge in [-0.1, -0.05) is 24.3 Å². The second-order valence-corrected chi connectivity index (χ2v) is 5.22. The first-order valence-corrected chi connectivity index (χ1v) is 7.20. The highest BCUT2D eigenvalue weighted by molar-refractivity contribution is 5.80. The topological polar surface area (TPSA) is 59.3 Å². The maximum absolute atomic E-state index is 11.9. The maximum Gasteiger partial charge on any atom is 0.260 e. The van der Waals surface area contributed by atoms with Gasteiger partial charge < -0.3 is 4.57 Å². The number of hydrogen-bond acceptors (Lipinski definition) is 3. The Bertz CT molecular complexity index is 686. The van der Waals surface area contributed by atoms with E-state index in [9.17, 15) is 4.79 Å². The molecule has 0 radical (unpaired) electrons. The molecule has 3 rings (SSSR count). The summed E-state index contributed by atoms with van der Waals surface area (Å²) in [6.45, 7) is 0.225. The third kappa shape index (κ3) is 3.37. The molecule has 2 aromatic rings. The predicted octanol–water partition coefficient (Wildman–Crippen LogP) is 2.49. The van der Waals surface area contributed by atoms with E-state index in [0.29, 0.717) is 5.92 Å². The molecule has 0 saturated carbocycles. The largest absolute Gasteiger partial charge is 0.321 e. The summed E-state index contributed by atoms with van der Waals surface area (Å²) < 4.78 is 1.82. The molecule has 1 N–H and O–H groups in total. The monoisotopic (exact) mass is 282 g/mol. The van der Waals surface area contributed by atoms with E-state index in [1.807, 2.05) is 35.0 Å². The lowest BCUT2D eigenvalue weighted by atomic mass is 9.96. The van der Waals surface area contributed by atoms with E-state index in [2.05, 4.69) is 27.7 Å². The predicted molar refractivity (Wildman–Crippen MR) is 82.8 cm³/mol. The summed E-state index contributed by atoms with van der Waals surface area (Å²) in [7, 11) is 0. The molecule has 5 nitrogen and oxygen atoms in total. The van der Waals surface area contributed by atoms with E-state index in [1.165, 1.54) is 0 Å². The number of hydrogen-bond donors (Lipinski definition) is 1. The van der Waals surface area contributed by atoms with Crippen LogP contribution in [0.15, 0.2) is 47.8 Å². The molecule has 1 aliphatic rings. The zero-order valence-electron chi connectivity index (χ0n) is 11.8. The Morgan fingerprint density at radius 2 is 2.33 bits per heavy atom. The fourth-order valence-corrected chi connectivity index (χ4v) is 2.49. The summed E-state index contributed by atoms with van der Waals surface area (Å²) in [5.74, 6) is 0.296. The fraction of sp³-hybridized carbons (Fsp3) is 0.312. The molecular formula is C16H18N4O. The van der Waals surface area contributed by atoms with Gasteiger partial charge in [-0.3, -0.25) is 4.79 Å². The van der Waals surface area contributed by atoms with Crippen molar-refractivity contribution >= 4 is 23.2 Å². The van der Waals surface area contributed by atoms with Crippen molar-refractivity contribution in [1.82, 2.24) is 15.0 Å². The van der Waals surface area contributed by atoms with Gasteiger partial charge >= 0.3 is 0 Å². The first kappa shape index (κ1) is 13.5. The number of nitrogens with one attached hydrogen (secondary N) is 1. The van der Waals surface area contributed by atoms with Crippen LogP contribution in [0, 0.1) is 5.92 Å². The second kappa shape index (κ2) is 6.35. The van der Waals surface area contributed by atoms with Crippen molar-refractivity contribution in [3.63, 3.8) is 0 Å². The summed E-state index contributed by atoms with van der Waals surface area (Å²) in [6, 6.07) is 7.75. The smallest absolute Gasteiger partial charge is 0.260 e. The van der Waals surface area contributed by atoms with Crippen molar-refractivity contribution in [3.8, 4) is 0 Å². The van der Waals surface area contributed by atoms with E-state index in [4.69, 9.17) is 0 Å². The van der Waals surface area contributed by atoms with E-state index in [0.717, 1.165) is 30.3 Å². The first-order valence-electron chi connectivity index (χ1n) is 7.20. The number of benzene rings is 1. The standard InChI is InChI=1S/C16H18N4O/c21-16(19-18-10-13-6-2-1-3-7-13)11-20-12-17-14-8-4-5-9-15(14)20/h1-2,4-5,8-10,12-13H,3,6-7,11H2,(H,19,21)/b18-10-/t13-/m0/s1. The van der Waals surface area contributed by atoms with Gasteiger partial charge in [-0.15, -0.1) is 0 Å². The fourth-order valence-electron chi connectivity index (χ4n) is 2.49. The molecule has 0 unspecified atom stereocenters. The van der Waals surface area contributed by atoms with Gasteiger partial charge in [0.05, 0.1) is 17.4 Å². The Balaban J connectivity index is 1.56. The van der Waals surface area contributed by atoms with Crippen LogP contribution in [0.3, 0.4) is 0 Å². The number of carbonyl (C=O) groups is 1. The van der Waals surface area contributed by atoms with E-state index in [1.54, 1.807) is 6.33 Å². The Morgan fingerprint density at radius 1 is 1.43 bits per heavy atom. The van der Waals surface area contributed by atoms with Crippen molar-refractivity contribution in [1.29, 1.82) is 0 Å².